The molecule has 40 valence electrons. The standard InChI is InChI=1S/C3H10Si.C2H6/c1-3-4-2;1-2/h3-4H2,1-2H3;1-2H3. The maximum Gasteiger partial charge on any atom is 0.0163 e. The molecule has 0 amide bonds. The van der Waals surface area contributed by atoms with Crippen LogP contribution in [0.25, 0.3) is 0 Å². The van der Waals surface area contributed by atoms with Crippen LogP contribution in [0.3, 0.4) is 0 Å². The van der Waals surface area contributed by atoms with Gasteiger partial charge in [-0.15, -0.1) is 0 Å². The third-order valence-corrected chi connectivity index (χ3v) is 1.50. The minimum Gasteiger partial charge on any atom is -0.0748 e. The van der Waals surface area contributed by atoms with Crippen LogP contribution in [-0.4, -0.2) is 9.52 Å². The van der Waals surface area contributed by atoms with Gasteiger partial charge in [-0.25, -0.2) is 0 Å². The van der Waals surface area contributed by atoms with E-state index in [1.54, 1.807) is 0 Å². The fourth-order valence-electron chi connectivity index (χ4n) is 0. The third-order valence-electron chi connectivity index (χ3n) is 0.500. The van der Waals surface area contributed by atoms with E-state index in [0.717, 1.165) is 0 Å². The van der Waals surface area contributed by atoms with Crippen LogP contribution in [0.1, 0.15) is 20.8 Å². The molecule has 0 radical (unpaired) electrons. The second kappa shape index (κ2) is 18.9. The molecule has 0 rings (SSSR count). The van der Waals surface area contributed by atoms with Gasteiger partial charge in [-0.3, -0.25) is 0 Å². The first-order chi connectivity index (χ1) is 2.91. The molecule has 6 heavy (non-hydrogen) atoms. The van der Waals surface area contributed by atoms with Crippen LogP contribution < -0.4 is 0 Å². The fraction of sp³-hybridized carbons (Fsp3) is 1.00. The molecule has 0 aromatic rings. The van der Waals surface area contributed by atoms with Gasteiger partial charge in [0.25, 0.3) is 0 Å². The van der Waals surface area contributed by atoms with Crippen molar-refractivity contribution in [2.75, 3.05) is 0 Å². The van der Waals surface area contributed by atoms with Gasteiger partial charge in [0.1, 0.15) is 0 Å². The Morgan fingerprint density at radius 2 is 1.50 bits per heavy atom. The SMILES string of the molecule is CC.CC[SiH2]C. The van der Waals surface area contributed by atoms with Crippen LogP contribution in [0.4, 0.5) is 0 Å². The van der Waals surface area contributed by atoms with Crippen molar-refractivity contribution >= 4 is 9.52 Å². The van der Waals surface area contributed by atoms with Gasteiger partial charge >= 0.3 is 0 Å². The van der Waals surface area contributed by atoms with Crippen LogP contribution in [-0.2, 0) is 0 Å². The normalized spacial score (nSPS) is 8.00. The quantitative estimate of drug-likeness (QED) is 0.444. The van der Waals surface area contributed by atoms with Gasteiger partial charge in [0.2, 0.25) is 0 Å². The second-order valence-electron chi connectivity index (χ2n) is 1.000. The summed E-state index contributed by atoms with van der Waals surface area (Å²) in [7, 11) is 0.424. The van der Waals surface area contributed by atoms with E-state index in [4.69, 9.17) is 0 Å². The highest BCUT2D eigenvalue weighted by atomic mass is 28.2. The van der Waals surface area contributed by atoms with Gasteiger partial charge in [0, 0.05) is 9.52 Å². The molecule has 0 nitrogen and oxygen atoms in total. The van der Waals surface area contributed by atoms with Crippen LogP contribution in [0, 0.1) is 0 Å². The minimum absolute atomic E-state index is 0.424. The predicted molar refractivity (Wildman–Crippen MR) is 36.2 cm³/mol. The average Bonchev–Trinajstić information content (AvgIpc) is 1.72. The van der Waals surface area contributed by atoms with Crippen LogP contribution in [0.15, 0.2) is 0 Å². The summed E-state index contributed by atoms with van der Waals surface area (Å²) in [6.45, 7) is 8.56. The number of hydrogen-bond donors (Lipinski definition) is 0. The molecule has 0 N–H and O–H groups in total. The van der Waals surface area contributed by atoms with Gasteiger partial charge in [-0.05, 0) is 0 Å². The molecule has 0 bridgehead atoms. The predicted octanol–water partition coefficient (Wildman–Crippen LogP) is 1.67. The van der Waals surface area contributed by atoms with Crippen molar-refractivity contribution in [3.8, 4) is 0 Å². The summed E-state index contributed by atoms with van der Waals surface area (Å²) in [5, 5.41) is 0. The lowest BCUT2D eigenvalue weighted by Crippen LogP contribution is -1.67. The summed E-state index contributed by atoms with van der Waals surface area (Å²) in [5.41, 5.74) is 0. The first kappa shape index (κ1) is 9.52. The van der Waals surface area contributed by atoms with Gasteiger partial charge in [-0.1, -0.05) is 33.4 Å². The summed E-state index contributed by atoms with van der Waals surface area (Å²) >= 11 is 0. The van der Waals surface area contributed by atoms with Crippen molar-refractivity contribution in [1.29, 1.82) is 0 Å². The van der Waals surface area contributed by atoms with Gasteiger partial charge in [0.15, 0.2) is 0 Å². The monoisotopic (exact) mass is 104 g/mol. The zero-order valence-corrected chi connectivity index (χ0v) is 6.83. The summed E-state index contributed by atoms with van der Waals surface area (Å²) in [6.07, 6.45) is 0. The minimum atomic E-state index is 0.424. The summed E-state index contributed by atoms with van der Waals surface area (Å²) in [5.74, 6) is 0. The Kier molecular flexibility index (Phi) is 29.9. The highest BCUT2D eigenvalue weighted by molar-refractivity contribution is 6.33. The molecule has 0 aromatic carbocycles. The molecule has 0 heterocycles. The van der Waals surface area contributed by atoms with Gasteiger partial charge in [0.05, 0.1) is 0 Å². The molecule has 0 aliphatic rings. The van der Waals surface area contributed by atoms with Crippen molar-refractivity contribution in [3.05, 3.63) is 0 Å². The average molecular weight is 104 g/mol. The molecular weight excluding hydrogens is 88.1 g/mol. The lowest BCUT2D eigenvalue weighted by atomic mass is 11.0. The molecule has 0 saturated carbocycles. The molecule has 0 unspecified atom stereocenters. The van der Waals surface area contributed by atoms with E-state index in [1.165, 1.54) is 6.04 Å². The Hall–Kier alpha value is 0.217. The summed E-state index contributed by atoms with van der Waals surface area (Å²) < 4.78 is 0. The van der Waals surface area contributed by atoms with E-state index in [2.05, 4.69) is 13.5 Å². The highest BCUT2D eigenvalue weighted by Crippen LogP contribution is 1.64. The van der Waals surface area contributed by atoms with Gasteiger partial charge < -0.3 is 0 Å². The molecule has 1 heteroatoms. The van der Waals surface area contributed by atoms with Crippen molar-refractivity contribution in [3.63, 3.8) is 0 Å². The first-order valence-electron chi connectivity index (χ1n) is 2.91. The van der Waals surface area contributed by atoms with E-state index < -0.39 is 0 Å². The summed E-state index contributed by atoms with van der Waals surface area (Å²) in [4.78, 5) is 0. The number of hydrogen-bond acceptors (Lipinski definition) is 0. The summed E-state index contributed by atoms with van der Waals surface area (Å²) in [6, 6.07) is 1.46. The maximum absolute atomic E-state index is 2.32. The Labute approximate surface area is 43.8 Å². The number of rotatable bonds is 1. The van der Waals surface area contributed by atoms with E-state index in [9.17, 15) is 0 Å². The van der Waals surface area contributed by atoms with Gasteiger partial charge in [-0.2, -0.15) is 0 Å². The van der Waals surface area contributed by atoms with E-state index >= 15 is 0 Å². The van der Waals surface area contributed by atoms with Crippen LogP contribution in [0.5, 0.6) is 0 Å². The Morgan fingerprint density at radius 3 is 1.50 bits per heavy atom. The molecule has 0 aromatic heterocycles. The van der Waals surface area contributed by atoms with Crippen LogP contribution in [0.2, 0.25) is 12.6 Å². The van der Waals surface area contributed by atoms with Crippen molar-refractivity contribution in [2.45, 2.75) is 33.4 Å². The third kappa shape index (κ3) is 29.5. The van der Waals surface area contributed by atoms with E-state index in [0.29, 0.717) is 9.52 Å². The van der Waals surface area contributed by atoms with Crippen molar-refractivity contribution in [1.82, 2.24) is 0 Å². The Morgan fingerprint density at radius 1 is 1.33 bits per heavy atom. The van der Waals surface area contributed by atoms with E-state index in [1.807, 2.05) is 13.8 Å². The molecule has 0 fully saturated rings. The smallest absolute Gasteiger partial charge is 0.0163 e. The maximum atomic E-state index is 2.32. The van der Waals surface area contributed by atoms with Crippen molar-refractivity contribution in [2.24, 2.45) is 0 Å². The molecule has 0 atom stereocenters. The highest BCUT2D eigenvalue weighted by Gasteiger charge is 1.58. The Bertz CT molecular complexity index is 5.90. The zero-order valence-electron chi connectivity index (χ0n) is 5.41. The second-order valence-corrected chi connectivity index (χ2v) is 3.00. The topological polar surface area (TPSA) is 0 Å². The molecule has 0 aliphatic carbocycles. The largest absolute Gasteiger partial charge is 0.0748 e. The fourth-order valence-corrected chi connectivity index (χ4v) is 0. The lowest BCUT2D eigenvalue weighted by molar-refractivity contribution is 1.45. The van der Waals surface area contributed by atoms with Crippen molar-refractivity contribution < 1.29 is 0 Å². The molecule has 0 saturated heterocycles. The van der Waals surface area contributed by atoms with E-state index in [-0.39, 0.29) is 0 Å². The Balaban J connectivity index is 0. The molecule has 0 spiro atoms. The lowest BCUT2D eigenvalue weighted by Gasteiger charge is -1.66. The zero-order chi connectivity index (χ0) is 5.41. The molecule has 0 aliphatic heterocycles. The molecular formula is C5H16Si. The first-order valence-corrected chi connectivity index (χ1v) is 5.33. The van der Waals surface area contributed by atoms with Crippen LogP contribution >= 0.6 is 0 Å².